The number of rotatable bonds is 30. The maximum absolute atomic E-state index is 11.8. The second-order valence-electron chi connectivity index (χ2n) is 13.1. The summed E-state index contributed by atoms with van der Waals surface area (Å²) in [4.78, 5) is 11.8. The molecule has 0 unspecified atom stereocenters. The molecule has 256 valence electrons. The molecule has 0 aliphatic rings. The molecular formula is C34H74O5Si4. The Balaban J connectivity index is 7.28. The number of carbonyl (C=O) groups is 1. The Hall–Kier alpha value is -0.0425. The Morgan fingerprint density at radius 2 is 0.767 bits per heavy atom. The van der Waals surface area contributed by atoms with Crippen LogP contribution in [0.15, 0.2) is 12.7 Å². The number of hydrogen-bond acceptors (Lipinski definition) is 5. The zero-order chi connectivity index (χ0) is 32.7. The first-order chi connectivity index (χ1) is 20.6. The lowest BCUT2D eigenvalue weighted by molar-refractivity contribution is -0.137. The van der Waals surface area contributed by atoms with E-state index < -0.39 is 33.8 Å². The molecular weight excluding hydrogens is 601 g/mol. The van der Waals surface area contributed by atoms with Gasteiger partial charge in [-0.1, -0.05) is 127 Å². The Kier molecular flexibility index (Phi) is 24.2. The highest BCUT2D eigenvalue weighted by Crippen LogP contribution is 2.42. The van der Waals surface area contributed by atoms with E-state index in [4.69, 9.17) is 17.1 Å². The summed E-state index contributed by atoms with van der Waals surface area (Å²) in [7, 11) is -9.41. The molecule has 0 radical (unpaired) electrons. The van der Waals surface area contributed by atoms with Gasteiger partial charge in [0.25, 0.3) is 0 Å². The van der Waals surface area contributed by atoms with Crippen molar-refractivity contribution < 1.29 is 21.9 Å². The van der Waals surface area contributed by atoms with E-state index in [1.54, 1.807) is 0 Å². The molecule has 0 aromatic carbocycles. The zero-order valence-corrected chi connectivity index (χ0v) is 34.4. The first kappa shape index (κ1) is 43.0. The summed E-state index contributed by atoms with van der Waals surface area (Å²) in [5, 5.41) is 0. The van der Waals surface area contributed by atoms with Crippen molar-refractivity contribution in [2.75, 3.05) is 6.61 Å². The minimum Gasteiger partial charge on any atom is -0.463 e. The quantitative estimate of drug-likeness (QED) is 0.0328. The molecule has 0 amide bonds. The van der Waals surface area contributed by atoms with Gasteiger partial charge in [-0.2, -0.15) is 0 Å². The second-order valence-corrected chi connectivity index (χ2v) is 29.0. The van der Waals surface area contributed by atoms with Gasteiger partial charge in [-0.05, 0) is 67.2 Å². The summed E-state index contributed by atoms with van der Waals surface area (Å²) in [6.45, 7) is 25.0. The van der Waals surface area contributed by atoms with Crippen molar-refractivity contribution in [3.8, 4) is 0 Å². The van der Waals surface area contributed by atoms with Crippen molar-refractivity contribution in [1.82, 2.24) is 0 Å². The minimum absolute atomic E-state index is 0.340. The van der Waals surface area contributed by atoms with Crippen LogP contribution >= 0.6 is 0 Å². The number of ether oxygens (including phenoxy) is 1. The minimum atomic E-state index is -3.10. The third-order valence-corrected chi connectivity index (χ3v) is 31.4. The average molecular weight is 675 g/mol. The molecule has 0 heterocycles. The predicted octanol–water partition coefficient (Wildman–Crippen LogP) is 12.0. The van der Waals surface area contributed by atoms with Crippen LogP contribution in [0.4, 0.5) is 0 Å². The van der Waals surface area contributed by atoms with Gasteiger partial charge in [-0.25, -0.2) is 4.79 Å². The van der Waals surface area contributed by atoms with Gasteiger partial charge < -0.3 is 17.1 Å². The Labute approximate surface area is 273 Å². The SMILES string of the molecule is C=CC(=O)OCCCC[Si](O[Si](CCC)(CCC)CCC)(O[Si](CCC)(CCC)CCC)O[Si](CCC)(CCC)CCC. The normalized spacial score (nSPS) is 13.0. The number of unbranched alkanes of at least 4 members (excludes halogenated alkanes) is 1. The number of hydrogen-bond donors (Lipinski definition) is 0. The zero-order valence-electron chi connectivity index (χ0n) is 30.4. The number of esters is 1. The molecule has 0 aliphatic heterocycles. The molecule has 0 bridgehead atoms. The summed E-state index contributed by atoms with van der Waals surface area (Å²) in [6.07, 6.45) is 13.5. The van der Waals surface area contributed by atoms with Crippen molar-refractivity contribution in [2.24, 2.45) is 0 Å². The van der Waals surface area contributed by atoms with Gasteiger partial charge in [0.05, 0.1) is 6.61 Å². The molecule has 0 spiro atoms. The first-order valence-corrected chi connectivity index (χ1v) is 28.0. The van der Waals surface area contributed by atoms with Crippen LogP contribution in [0.5, 0.6) is 0 Å². The van der Waals surface area contributed by atoms with Crippen molar-refractivity contribution in [3.63, 3.8) is 0 Å². The smallest absolute Gasteiger partial charge is 0.463 e. The summed E-state index contributed by atoms with van der Waals surface area (Å²) in [6, 6.07) is 11.6. The fourth-order valence-electron chi connectivity index (χ4n) is 7.57. The van der Waals surface area contributed by atoms with Crippen LogP contribution < -0.4 is 0 Å². The van der Waals surface area contributed by atoms with E-state index in [1.807, 2.05) is 0 Å². The fraction of sp³-hybridized carbons (Fsp3) is 0.912. The highest BCUT2D eigenvalue weighted by atomic mass is 28.5. The van der Waals surface area contributed by atoms with Crippen molar-refractivity contribution in [2.45, 2.75) is 193 Å². The van der Waals surface area contributed by atoms with E-state index in [1.165, 1.54) is 60.5 Å². The Bertz CT molecular complexity index is 601. The molecule has 0 saturated heterocycles. The van der Waals surface area contributed by atoms with Gasteiger partial charge >= 0.3 is 14.8 Å². The fourth-order valence-corrected chi connectivity index (χ4v) is 33.1. The van der Waals surface area contributed by atoms with Gasteiger partial charge in [0.15, 0.2) is 25.0 Å². The highest BCUT2D eigenvalue weighted by molar-refractivity contribution is 6.92. The van der Waals surface area contributed by atoms with Gasteiger partial charge in [0, 0.05) is 12.1 Å². The predicted molar refractivity (Wildman–Crippen MR) is 197 cm³/mol. The second kappa shape index (κ2) is 24.2. The van der Waals surface area contributed by atoms with E-state index in [-0.39, 0.29) is 5.97 Å². The average Bonchev–Trinajstić information content (AvgIpc) is 2.94. The van der Waals surface area contributed by atoms with Crippen molar-refractivity contribution >= 4 is 39.7 Å². The van der Waals surface area contributed by atoms with Crippen molar-refractivity contribution in [3.05, 3.63) is 12.7 Å². The van der Waals surface area contributed by atoms with Crippen LogP contribution in [0.1, 0.15) is 133 Å². The molecule has 0 fully saturated rings. The molecule has 0 aromatic heterocycles. The van der Waals surface area contributed by atoms with Crippen molar-refractivity contribution in [1.29, 1.82) is 0 Å². The number of carbonyl (C=O) groups excluding carboxylic acids is 1. The van der Waals surface area contributed by atoms with Crippen LogP contribution in [0.3, 0.4) is 0 Å². The van der Waals surface area contributed by atoms with E-state index in [0.29, 0.717) is 6.61 Å². The topological polar surface area (TPSA) is 54.0 Å². The molecule has 0 rings (SSSR count). The van der Waals surface area contributed by atoms with E-state index in [2.05, 4.69) is 68.9 Å². The van der Waals surface area contributed by atoms with Gasteiger partial charge in [0.1, 0.15) is 0 Å². The van der Waals surface area contributed by atoms with Gasteiger partial charge in [-0.3, -0.25) is 0 Å². The molecule has 0 aromatic rings. The van der Waals surface area contributed by atoms with E-state index in [0.717, 1.165) is 76.7 Å². The van der Waals surface area contributed by atoms with E-state index in [9.17, 15) is 4.79 Å². The largest absolute Gasteiger partial charge is 0.469 e. The van der Waals surface area contributed by atoms with Gasteiger partial charge in [-0.15, -0.1) is 0 Å². The van der Waals surface area contributed by atoms with Gasteiger partial charge in [0.2, 0.25) is 0 Å². The lowest BCUT2D eigenvalue weighted by Crippen LogP contribution is -2.64. The monoisotopic (exact) mass is 674 g/mol. The molecule has 0 saturated carbocycles. The summed E-state index contributed by atoms with van der Waals surface area (Å²) < 4.78 is 29.3. The highest BCUT2D eigenvalue weighted by Gasteiger charge is 2.56. The standard InChI is InChI=1S/C34H74O5Si4/c1-11-24-40(25-12-2,26-13-3)37-43(33-22-21-23-36-34(35)20-10,38-41(27-14-4,28-15-5)29-16-6)39-42(30-17-7,31-18-8)32-19-9/h20H,10-19,21-33H2,1-9H3. The first-order valence-electron chi connectivity index (χ1n) is 18.5. The Morgan fingerprint density at radius 3 is 1.00 bits per heavy atom. The summed E-state index contributed by atoms with van der Waals surface area (Å²) in [5.74, 6) is -0.340. The third-order valence-electron chi connectivity index (χ3n) is 8.75. The molecule has 0 atom stereocenters. The van der Waals surface area contributed by atoms with Crippen LogP contribution in [0.25, 0.3) is 0 Å². The van der Waals surface area contributed by atoms with Crippen LogP contribution in [0, 0.1) is 0 Å². The van der Waals surface area contributed by atoms with Crippen LogP contribution in [0.2, 0.25) is 60.4 Å². The van der Waals surface area contributed by atoms with E-state index >= 15 is 0 Å². The molecule has 43 heavy (non-hydrogen) atoms. The maximum atomic E-state index is 11.8. The maximum Gasteiger partial charge on any atom is 0.469 e. The lowest BCUT2D eigenvalue weighted by atomic mass is 10.4. The molecule has 9 heteroatoms. The van der Waals surface area contributed by atoms with Crippen LogP contribution in [-0.2, 0) is 21.9 Å². The molecule has 5 nitrogen and oxygen atoms in total. The summed E-state index contributed by atoms with van der Waals surface area (Å²) in [5.41, 5.74) is 0. The molecule has 0 aliphatic carbocycles. The third kappa shape index (κ3) is 15.9. The van der Waals surface area contributed by atoms with Crippen LogP contribution in [-0.4, -0.2) is 46.3 Å². The lowest BCUT2D eigenvalue weighted by Gasteiger charge is -2.49. The Morgan fingerprint density at radius 1 is 0.488 bits per heavy atom. The molecule has 0 N–H and O–H groups in total. The summed E-state index contributed by atoms with van der Waals surface area (Å²) >= 11 is 0.